The van der Waals surface area contributed by atoms with Crippen LogP contribution in [0.1, 0.15) is 12.0 Å². The molecule has 1 saturated heterocycles. The Morgan fingerprint density at radius 3 is 2.19 bits per heavy atom. The average Bonchev–Trinajstić information content (AvgIpc) is 2.15. The van der Waals surface area contributed by atoms with Gasteiger partial charge in [0.2, 0.25) is 0 Å². The number of alkyl halides is 3. The third-order valence-corrected chi connectivity index (χ3v) is 2.54. The molecule has 0 spiro atoms. The van der Waals surface area contributed by atoms with Gasteiger partial charge in [0, 0.05) is 13.1 Å². The van der Waals surface area contributed by atoms with E-state index in [1.807, 2.05) is 0 Å². The molecule has 0 bridgehead atoms. The quantitative estimate of drug-likeness (QED) is 0.793. The number of nitrogens with zero attached hydrogens (tertiary/aromatic N) is 1. The molecule has 0 aromatic heterocycles. The van der Waals surface area contributed by atoms with Crippen molar-refractivity contribution in [2.75, 3.05) is 19.8 Å². The molecule has 2 nitrogen and oxygen atoms in total. The summed E-state index contributed by atoms with van der Waals surface area (Å²) in [5, 5.41) is 0. The van der Waals surface area contributed by atoms with Gasteiger partial charge in [0.15, 0.2) is 0 Å². The molecule has 0 saturated carbocycles. The van der Waals surface area contributed by atoms with E-state index in [0.717, 1.165) is 31.6 Å². The minimum Gasteiger partial charge on any atom is -0.478 e. The second-order valence-electron chi connectivity index (χ2n) is 3.77. The monoisotopic (exact) mass is 231 g/mol. The van der Waals surface area contributed by atoms with Crippen molar-refractivity contribution in [1.29, 1.82) is 0 Å². The minimum atomic E-state index is -4.28. The molecule has 1 aromatic carbocycles. The van der Waals surface area contributed by atoms with Gasteiger partial charge in [0.05, 0.1) is 5.56 Å². The molecule has 1 heterocycles. The highest BCUT2D eigenvalue weighted by atomic mass is 19.4. The van der Waals surface area contributed by atoms with Crippen LogP contribution >= 0.6 is 0 Å². The Morgan fingerprint density at radius 2 is 1.75 bits per heavy atom. The Balaban J connectivity index is 1.91. The first-order valence-electron chi connectivity index (χ1n) is 5.08. The van der Waals surface area contributed by atoms with Crippen LogP contribution in [0.4, 0.5) is 13.2 Å². The van der Waals surface area contributed by atoms with Gasteiger partial charge in [-0.2, -0.15) is 13.2 Å². The number of rotatable bonds is 3. The Hall–Kier alpha value is -1.23. The van der Waals surface area contributed by atoms with Crippen LogP contribution in [0, 0.1) is 0 Å². The Bertz CT molecular complexity index is 343. The van der Waals surface area contributed by atoms with E-state index in [1.165, 1.54) is 12.1 Å². The zero-order valence-electron chi connectivity index (χ0n) is 8.63. The molecule has 5 heteroatoms. The van der Waals surface area contributed by atoms with Crippen molar-refractivity contribution in [2.45, 2.75) is 12.6 Å². The summed E-state index contributed by atoms with van der Waals surface area (Å²) in [6.07, 6.45) is -3.12. The van der Waals surface area contributed by atoms with Crippen molar-refractivity contribution in [1.82, 2.24) is 4.90 Å². The zero-order valence-corrected chi connectivity index (χ0v) is 8.63. The van der Waals surface area contributed by atoms with E-state index in [-0.39, 0.29) is 0 Å². The number of likely N-dealkylation sites (tertiary alicyclic amines) is 1. The Kier molecular flexibility index (Phi) is 3.05. The molecule has 16 heavy (non-hydrogen) atoms. The summed E-state index contributed by atoms with van der Waals surface area (Å²) >= 11 is 0. The van der Waals surface area contributed by atoms with Crippen LogP contribution in [0.25, 0.3) is 0 Å². The lowest BCUT2D eigenvalue weighted by molar-refractivity contribution is -0.137. The Labute approximate surface area is 91.6 Å². The van der Waals surface area contributed by atoms with Gasteiger partial charge in [-0.05, 0) is 30.7 Å². The zero-order chi connectivity index (χ0) is 11.6. The van der Waals surface area contributed by atoms with Gasteiger partial charge in [-0.25, -0.2) is 0 Å². The van der Waals surface area contributed by atoms with E-state index in [9.17, 15) is 13.2 Å². The SMILES string of the molecule is FC(F)(F)c1ccc(OCN2CCC2)cc1. The summed E-state index contributed by atoms with van der Waals surface area (Å²) in [7, 11) is 0. The lowest BCUT2D eigenvalue weighted by Crippen LogP contribution is -2.39. The van der Waals surface area contributed by atoms with Crippen molar-refractivity contribution in [3.05, 3.63) is 29.8 Å². The van der Waals surface area contributed by atoms with Crippen molar-refractivity contribution in [3.8, 4) is 5.75 Å². The Morgan fingerprint density at radius 1 is 1.12 bits per heavy atom. The van der Waals surface area contributed by atoms with Gasteiger partial charge in [0.1, 0.15) is 12.5 Å². The van der Waals surface area contributed by atoms with Crippen molar-refractivity contribution in [2.24, 2.45) is 0 Å². The molecule has 1 aliphatic heterocycles. The topological polar surface area (TPSA) is 12.5 Å². The van der Waals surface area contributed by atoms with Crippen molar-refractivity contribution >= 4 is 0 Å². The molecule has 0 unspecified atom stereocenters. The van der Waals surface area contributed by atoms with Gasteiger partial charge in [0.25, 0.3) is 0 Å². The summed E-state index contributed by atoms with van der Waals surface area (Å²) in [6, 6.07) is 4.77. The average molecular weight is 231 g/mol. The number of ether oxygens (including phenoxy) is 1. The lowest BCUT2D eigenvalue weighted by atomic mass is 10.2. The molecule has 1 fully saturated rings. The minimum absolute atomic E-state index is 0.450. The number of halogens is 3. The molecule has 0 atom stereocenters. The highest BCUT2D eigenvalue weighted by Crippen LogP contribution is 2.30. The molecule has 88 valence electrons. The summed E-state index contributed by atoms with van der Waals surface area (Å²) in [5.74, 6) is 0.472. The fourth-order valence-corrected chi connectivity index (χ4v) is 1.42. The van der Waals surface area contributed by atoms with Gasteiger partial charge in [-0.1, -0.05) is 0 Å². The van der Waals surface area contributed by atoms with Crippen LogP contribution in [-0.2, 0) is 6.18 Å². The van der Waals surface area contributed by atoms with E-state index < -0.39 is 11.7 Å². The molecule has 2 rings (SSSR count). The van der Waals surface area contributed by atoms with Crippen LogP contribution in [0.2, 0.25) is 0 Å². The fraction of sp³-hybridized carbons (Fsp3) is 0.455. The van der Waals surface area contributed by atoms with E-state index in [2.05, 4.69) is 4.90 Å². The maximum Gasteiger partial charge on any atom is 0.416 e. The van der Waals surface area contributed by atoms with Gasteiger partial charge < -0.3 is 4.74 Å². The van der Waals surface area contributed by atoms with Crippen molar-refractivity contribution < 1.29 is 17.9 Å². The fourth-order valence-electron chi connectivity index (χ4n) is 1.42. The number of hydrogen-bond donors (Lipinski definition) is 0. The van der Waals surface area contributed by atoms with E-state index in [0.29, 0.717) is 12.5 Å². The predicted octanol–water partition coefficient (Wildman–Crippen LogP) is 2.75. The first-order chi connectivity index (χ1) is 7.55. The maximum atomic E-state index is 12.2. The van der Waals surface area contributed by atoms with Crippen LogP contribution in [0.3, 0.4) is 0 Å². The number of hydrogen-bond acceptors (Lipinski definition) is 2. The maximum absolute atomic E-state index is 12.2. The summed E-state index contributed by atoms with van der Waals surface area (Å²) in [6.45, 7) is 2.45. The van der Waals surface area contributed by atoms with E-state index in [1.54, 1.807) is 0 Å². The third-order valence-electron chi connectivity index (χ3n) is 2.54. The first kappa shape index (κ1) is 11.3. The molecular formula is C11H12F3NO. The molecule has 0 radical (unpaired) electrons. The largest absolute Gasteiger partial charge is 0.478 e. The number of benzene rings is 1. The normalized spacial score (nSPS) is 16.9. The molecular weight excluding hydrogens is 219 g/mol. The standard InChI is InChI=1S/C11H12F3NO/c12-11(13,14)9-2-4-10(5-3-9)16-8-15-6-1-7-15/h2-5H,1,6-8H2. The van der Waals surface area contributed by atoms with Crippen LogP contribution in [0.5, 0.6) is 5.75 Å². The summed E-state index contributed by atoms with van der Waals surface area (Å²) in [4.78, 5) is 2.08. The molecule has 0 N–H and O–H groups in total. The second-order valence-corrected chi connectivity index (χ2v) is 3.77. The molecule has 1 aliphatic rings. The van der Waals surface area contributed by atoms with E-state index in [4.69, 9.17) is 4.74 Å². The van der Waals surface area contributed by atoms with Crippen LogP contribution in [0.15, 0.2) is 24.3 Å². The molecule has 0 aliphatic carbocycles. The highest BCUT2D eigenvalue weighted by molar-refractivity contribution is 5.28. The van der Waals surface area contributed by atoms with Crippen LogP contribution < -0.4 is 4.74 Å². The van der Waals surface area contributed by atoms with Crippen molar-refractivity contribution in [3.63, 3.8) is 0 Å². The predicted molar refractivity (Wildman–Crippen MR) is 53.1 cm³/mol. The first-order valence-corrected chi connectivity index (χ1v) is 5.08. The van der Waals surface area contributed by atoms with Crippen LogP contribution in [-0.4, -0.2) is 24.7 Å². The van der Waals surface area contributed by atoms with Gasteiger partial charge in [-0.3, -0.25) is 4.90 Å². The highest BCUT2D eigenvalue weighted by Gasteiger charge is 2.30. The van der Waals surface area contributed by atoms with E-state index >= 15 is 0 Å². The van der Waals surface area contributed by atoms with Gasteiger partial charge in [-0.15, -0.1) is 0 Å². The summed E-state index contributed by atoms with van der Waals surface area (Å²) < 4.78 is 42.1. The lowest BCUT2D eigenvalue weighted by Gasteiger charge is -2.30. The molecule has 1 aromatic rings. The molecule has 0 amide bonds. The summed E-state index contributed by atoms with van der Waals surface area (Å²) in [5.41, 5.74) is -0.649. The second kappa shape index (κ2) is 4.33. The smallest absolute Gasteiger partial charge is 0.416 e. The third kappa shape index (κ3) is 2.66. The van der Waals surface area contributed by atoms with Gasteiger partial charge >= 0.3 is 6.18 Å².